The molecule has 4 nitrogen and oxygen atoms in total. The van der Waals surface area contributed by atoms with Crippen LogP contribution in [-0.4, -0.2) is 40.8 Å². The number of hydrogen-bond donors (Lipinski definition) is 2. The molecule has 3 fully saturated rings. The Hall–Kier alpha value is -1.05. The molecule has 0 radical (unpaired) electrons. The van der Waals surface area contributed by atoms with Crippen LogP contribution >= 0.6 is 0 Å². The fraction of sp³-hybridized carbons (Fsp3) is 0.778. The molecule has 0 aromatic heterocycles. The minimum atomic E-state index is -4.60. The highest BCUT2D eigenvalue weighted by molar-refractivity contribution is 7.93. The van der Waals surface area contributed by atoms with Gasteiger partial charge in [0.15, 0.2) is 0 Å². The maximum absolute atomic E-state index is 15.0. The summed E-state index contributed by atoms with van der Waals surface area (Å²) in [4.78, 5) is 0. The average molecular weight is 501 g/mol. The summed E-state index contributed by atoms with van der Waals surface area (Å²) >= 11 is 0. The van der Waals surface area contributed by atoms with Crippen LogP contribution in [0.2, 0.25) is 0 Å². The van der Waals surface area contributed by atoms with Gasteiger partial charge in [-0.05, 0) is 93.6 Å². The van der Waals surface area contributed by atoms with E-state index in [2.05, 4.69) is 19.6 Å². The van der Waals surface area contributed by atoms with Gasteiger partial charge in [-0.15, -0.1) is 0 Å². The van der Waals surface area contributed by atoms with Gasteiger partial charge in [-0.3, -0.25) is 0 Å². The topological polar surface area (TPSA) is 74.6 Å². The summed E-state index contributed by atoms with van der Waals surface area (Å²) in [7, 11) is -4.60. The molecule has 0 saturated heterocycles. The van der Waals surface area contributed by atoms with E-state index in [9.17, 15) is 27.4 Å². The first-order chi connectivity index (χ1) is 15.5. The van der Waals surface area contributed by atoms with E-state index in [0.29, 0.717) is 18.4 Å². The number of alkyl halides is 2. The van der Waals surface area contributed by atoms with Gasteiger partial charge in [-0.1, -0.05) is 38.2 Å². The molecule has 6 atom stereocenters. The van der Waals surface area contributed by atoms with Crippen molar-refractivity contribution in [3.05, 3.63) is 35.5 Å². The van der Waals surface area contributed by atoms with E-state index < -0.39 is 44.4 Å². The molecule has 0 spiro atoms. The van der Waals surface area contributed by atoms with Crippen molar-refractivity contribution in [3.63, 3.8) is 0 Å². The molecule has 3 aliphatic carbocycles. The smallest absolute Gasteiger partial charge is 0.346 e. The third-order valence-electron chi connectivity index (χ3n) is 8.75. The zero-order chi connectivity index (χ0) is 25.7. The van der Waals surface area contributed by atoms with Crippen molar-refractivity contribution in [2.45, 2.75) is 108 Å². The van der Waals surface area contributed by atoms with Gasteiger partial charge < -0.3 is 10.2 Å². The number of fused-ring (bicyclic) bond motifs is 1. The molecule has 0 aromatic carbocycles. The first-order valence-corrected chi connectivity index (χ1v) is 14.1. The van der Waals surface area contributed by atoms with E-state index in [1.54, 1.807) is 6.92 Å². The molecule has 0 bridgehead atoms. The lowest BCUT2D eigenvalue weighted by atomic mass is 9.61. The van der Waals surface area contributed by atoms with Crippen LogP contribution in [0.15, 0.2) is 35.5 Å². The maximum Gasteiger partial charge on any atom is 0.346 e. The highest BCUT2D eigenvalue weighted by Gasteiger charge is 2.56. The molecule has 0 unspecified atom stereocenters. The van der Waals surface area contributed by atoms with Gasteiger partial charge >= 0.3 is 5.25 Å². The Morgan fingerprint density at radius 1 is 1.21 bits per heavy atom. The van der Waals surface area contributed by atoms with E-state index in [0.717, 1.165) is 37.7 Å². The summed E-state index contributed by atoms with van der Waals surface area (Å²) in [6, 6.07) is 0. The van der Waals surface area contributed by atoms with E-state index >= 15 is 0 Å². The van der Waals surface area contributed by atoms with Gasteiger partial charge in [0.05, 0.1) is 17.0 Å². The minimum absolute atomic E-state index is 0.0307. The Labute approximate surface area is 204 Å². The average Bonchev–Trinajstić information content (AvgIpc) is 3.06. The quantitative estimate of drug-likeness (QED) is 0.488. The SMILES string of the molecule is C=C1/C(=C\C=C2/CCC[C@]3(C)[C@@H]([C@H](C)CC(F)(F)S(=O)(=O)C(C)(C)C)CC[C@@H]23)C[C@H](O)C[C@H]1O. The molecule has 3 rings (SSSR count). The van der Waals surface area contributed by atoms with Crippen LogP contribution in [0.5, 0.6) is 0 Å². The second kappa shape index (κ2) is 9.44. The summed E-state index contributed by atoms with van der Waals surface area (Å²) in [6.45, 7) is 12.0. The lowest BCUT2D eigenvalue weighted by Gasteiger charge is -2.45. The molecular formula is C27H42F2O4S. The zero-order valence-electron chi connectivity index (χ0n) is 21.3. The highest BCUT2D eigenvalue weighted by atomic mass is 32.2. The summed E-state index contributed by atoms with van der Waals surface area (Å²) in [5.41, 5.74) is 2.65. The number of halogens is 2. The summed E-state index contributed by atoms with van der Waals surface area (Å²) in [6.07, 6.45) is 7.47. The van der Waals surface area contributed by atoms with Crippen molar-refractivity contribution in [3.8, 4) is 0 Å². The molecule has 0 aliphatic heterocycles. The van der Waals surface area contributed by atoms with Crippen LogP contribution in [0, 0.1) is 23.2 Å². The monoisotopic (exact) mass is 500 g/mol. The molecule has 34 heavy (non-hydrogen) atoms. The van der Waals surface area contributed by atoms with Crippen molar-refractivity contribution in [2.75, 3.05) is 0 Å². The second-order valence-corrected chi connectivity index (χ2v) is 14.9. The van der Waals surface area contributed by atoms with Crippen molar-refractivity contribution in [1.29, 1.82) is 0 Å². The highest BCUT2D eigenvalue weighted by Crippen LogP contribution is 2.60. The van der Waals surface area contributed by atoms with E-state index in [1.807, 2.05) is 6.08 Å². The maximum atomic E-state index is 15.0. The molecule has 7 heteroatoms. The Morgan fingerprint density at radius 3 is 2.47 bits per heavy atom. The van der Waals surface area contributed by atoms with Crippen LogP contribution < -0.4 is 0 Å². The third-order valence-corrected chi connectivity index (χ3v) is 11.3. The van der Waals surface area contributed by atoms with Crippen LogP contribution in [0.3, 0.4) is 0 Å². The van der Waals surface area contributed by atoms with E-state index in [1.165, 1.54) is 26.3 Å². The Balaban J connectivity index is 1.81. The molecule has 0 aromatic rings. The first kappa shape index (κ1) is 27.5. The normalized spacial score (nSPS) is 36.7. The predicted octanol–water partition coefficient (Wildman–Crippen LogP) is 5.96. The summed E-state index contributed by atoms with van der Waals surface area (Å²) in [5.74, 6) is -0.114. The zero-order valence-corrected chi connectivity index (χ0v) is 22.1. The molecule has 3 aliphatic rings. The van der Waals surface area contributed by atoms with Gasteiger partial charge in [0.1, 0.15) is 0 Å². The predicted molar refractivity (Wildman–Crippen MR) is 132 cm³/mol. The largest absolute Gasteiger partial charge is 0.393 e. The fourth-order valence-electron chi connectivity index (χ4n) is 6.75. The van der Waals surface area contributed by atoms with Crippen LogP contribution in [0.1, 0.15) is 86.0 Å². The molecule has 0 heterocycles. The van der Waals surface area contributed by atoms with Gasteiger partial charge in [-0.2, -0.15) is 8.78 Å². The van der Waals surface area contributed by atoms with E-state index in [4.69, 9.17) is 0 Å². The molecule has 194 valence electrons. The van der Waals surface area contributed by atoms with Crippen molar-refractivity contribution < 1.29 is 27.4 Å². The Morgan fingerprint density at radius 2 is 1.85 bits per heavy atom. The Bertz CT molecular complexity index is 960. The lowest BCUT2D eigenvalue weighted by Crippen LogP contribution is -2.44. The number of allylic oxidation sites excluding steroid dienone is 3. The van der Waals surface area contributed by atoms with Gasteiger partial charge in [-0.25, -0.2) is 8.42 Å². The molecule has 0 amide bonds. The van der Waals surface area contributed by atoms with Gasteiger partial charge in [0, 0.05) is 12.8 Å². The van der Waals surface area contributed by atoms with E-state index in [-0.39, 0.29) is 17.3 Å². The van der Waals surface area contributed by atoms with Crippen molar-refractivity contribution in [1.82, 2.24) is 0 Å². The van der Waals surface area contributed by atoms with Crippen molar-refractivity contribution in [2.24, 2.45) is 23.2 Å². The number of sulfone groups is 1. The fourth-order valence-corrected chi connectivity index (χ4v) is 8.13. The van der Waals surface area contributed by atoms with Gasteiger partial charge in [0.25, 0.3) is 0 Å². The number of aliphatic hydroxyl groups excluding tert-OH is 2. The van der Waals surface area contributed by atoms with Crippen molar-refractivity contribution >= 4 is 9.84 Å². The number of rotatable bonds is 5. The summed E-state index contributed by atoms with van der Waals surface area (Å²) in [5, 5.41) is 16.4. The molecular weight excluding hydrogens is 458 g/mol. The van der Waals surface area contributed by atoms with Gasteiger partial charge in [0.2, 0.25) is 9.84 Å². The van der Waals surface area contributed by atoms with Crippen LogP contribution in [-0.2, 0) is 9.84 Å². The molecule has 3 saturated carbocycles. The lowest BCUT2D eigenvalue weighted by molar-refractivity contribution is 0.0238. The number of hydrogen-bond acceptors (Lipinski definition) is 4. The third kappa shape index (κ3) is 4.94. The minimum Gasteiger partial charge on any atom is -0.393 e. The Kier molecular flexibility index (Phi) is 7.64. The second-order valence-electron chi connectivity index (χ2n) is 12.1. The van der Waals surface area contributed by atoms with Crippen LogP contribution in [0.4, 0.5) is 8.78 Å². The van der Waals surface area contributed by atoms with Crippen LogP contribution in [0.25, 0.3) is 0 Å². The number of aliphatic hydroxyl groups is 2. The first-order valence-electron chi connectivity index (χ1n) is 12.6. The molecule has 2 N–H and O–H groups in total. The summed E-state index contributed by atoms with van der Waals surface area (Å²) < 4.78 is 53.6. The standard InChI is InChI=1S/C27H42F2O4S/c1-17(16-27(28,29)34(32,33)25(3,4)5)22-11-12-23-19(8-7-13-26(22,23)6)9-10-20-14-21(30)15-24(31)18(20)2/h9-10,17,21-24,30-31H,2,7-8,11-16H2,1,3-6H3/b19-9+,20-10-/t17-,21+,22-,23+,24-,26-/m1/s1.